The number of anilines is 1. The predicted octanol–water partition coefficient (Wildman–Crippen LogP) is 2.89. The van der Waals surface area contributed by atoms with Crippen molar-refractivity contribution in [1.82, 2.24) is 0 Å². The van der Waals surface area contributed by atoms with Crippen LogP contribution in [0.4, 0.5) is 10.1 Å². The summed E-state index contributed by atoms with van der Waals surface area (Å²) < 4.78 is 13.6. The van der Waals surface area contributed by atoms with Crippen LogP contribution >= 0.6 is 22.6 Å². The summed E-state index contributed by atoms with van der Waals surface area (Å²) in [7, 11) is 0. The summed E-state index contributed by atoms with van der Waals surface area (Å²) in [5.41, 5.74) is 5.71. The number of halogens is 2. The Bertz CT molecular complexity index is 419. The van der Waals surface area contributed by atoms with Gasteiger partial charge in [-0.2, -0.15) is 0 Å². The van der Waals surface area contributed by atoms with Crippen LogP contribution in [0.2, 0.25) is 0 Å². The van der Waals surface area contributed by atoms with Gasteiger partial charge in [-0.15, -0.1) is 0 Å². The molecule has 0 bridgehead atoms. The maximum atomic E-state index is 12.9. The van der Waals surface area contributed by atoms with Crippen molar-refractivity contribution in [3.63, 3.8) is 0 Å². The average Bonchev–Trinajstić information content (AvgIpc) is 2.31. The van der Waals surface area contributed by atoms with E-state index < -0.39 is 5.54 Å². The number of carbonyl (C=O) groups excluding carboxylic acids is 1. The molecule has 3 N–H and O–H groups in total. The Morgan fingerprint density at radius 2 is 2.06 bits per heavy atom. The second kappa shape index (κ2) is 5.77. The predicted molar refractivity (Wildman–Crippen MR) is 75.2 cm³/mol. The molecule has 0 aliphatic carbocycles. The van der Waals surface area contributed by atoms with E-state index in [-0.39, 0.29) is 11.7 Å². The molecule has 94 valence electrons. The monoisotopic (exact) mass is 350 g/mol. The highest BCUT2D eigenvalue weighted by molar-refractivity contribution is 14.1. The first kappa shape index (κ1) is 14.4. The lowest BCUT2D eigenvalue weighted by atomic mass is 9.93. The molecule has 1 rings (SSSR count). The molecule has 0 saturated heterocycles. The highest BCUT2D eigenvalue weighted by Crippen LogP contribution is 2.21. The van der Waals surface area contributed by atoms with Gasteiger partial charge in [0.25, 0.3) is 0 Å². The fraction of sp³-hybridized carbons (Fsp3) is 0.417. The molecule has 0 unspecified atom stereocenters. The van der Waals surface area contributed by atoms with Crippen molar-refractivity contribution in [2.75, 3.05) is 5.32 Å². The van der Waals surface area contributed by atoms with Crippen LogP contribution in [0.5, 0.6) is 0 Å². The Labute approximate surface area is 114 Å². The van der Waals surface area contributed by atoms with E-state index >= 15 is 0 Å². The van der Waals surface area contributed by atoms with Crippen molar-refractivity contribution in [2.45, 2.75) is 32.2 Å². The molecule has 1 aromatic rings. The van der Waals surface area contributed by atoms with Gasteiger partial charge in [0.15, 0.2) is 0 Å². The maximum Gasteiger partial charge on any atom is 0.244 e. The van der Waals surface area contributed by atoms with Crippen molar-refractivity contribution in [2.24, 2.45) is 5.73 Å². The number of hydrogen-bond donors (Lipinski definition) is 2. The maximum absolute atomic E-state index is 12.9. The van der Waals surface area contributed by atoms with Crippen LogP contribution in [0, 0.1) is 9.39 Å². The lowest BCUT2D eigenvalue weighted by Crippen LogP contribution is -2.50. The van der Waals surface area contributed by atoms with Gasteiger partial charge < -0.3 is 11.1 Å². The van der Waals surface area contributed by atoms with Gasteiger partial charge in [0, 0.05) is 3.57 Å². The summed E-state index contributed by atoms with van der Waals surface area (Å²) in [6.07, 6.45) is 1.13. The van der Waals surface area contributed by atoms with Crippen LogP contribution in [-0.2, 0) is 4.79 Å². The molecular weight excluding hydrogens is 334 g/mol. The largest absolute Gasteiger partial charge is 0.324 e. The molecule has 0 saturated carbocycles. The number of hydrogen-bond acceptors (Lipinski definition) is 2. The van der Waals surface area contributed by atoms with Crippen LogP contribution in [0.15, 0.2) is 18.2 Å². The number of nitrogens with one attached hydrogen (secondary N) is 1. The van der Waals surface area contributed by atoms with Gasteiger partial charge in [-0.1, -0.05) is 13.8 Å². The van der Waals surface area contributed by atoms with Crippen molar-refractivity contribution in [3.05, 3.63) is 27.6 Å². The van der Waals surface area contributed by atoms with E-state index in [9.17, 15) is 9.18 Å². The summed E-state index contributed by atoms with van der Waals surface area (Å²) in [5, 5.41) is 2.74. The summed E-state index contributed by atoms with van der Waals surface area (Å²) in [6, 6.07) is 4.22. The van der Waals surface area contributed by atoms with E-state index in [1.165, 1.54) is 12.1 Å². The average molecular weight is 350 g/mol. The van der Waals surface area contributed by atoms with Crippen LogP contribution in [0.1, 0.15) is 26.7 Å². The molecule has 0 atom stereocenters. The van der Waals surface area contributed by atoms with E-state index in [1.807, 2.05) is 36.4 Å². The number of nitrogens with two attached hydrogens (primary N) is 1. The first-order chi connectivity index (χ1) is 7.92. The molecular formula is C12H16FIN2O. The third-order valence-corrected chi connectivity index (χ3v) is 3.79. The third-order valence-electron chi connectivity index (χ3n) is 2.89. The Balaban J connectivity index is 2.88. The smallest absolute Gasteiger partial charge is 0.244 e. The lowest BCUT2D eigenvalue weighted by molar-refractivity contribution is -0.121. The highest BCUT2D eigenvalue weighted by atomic mass is 127. The number of benzene rings is 1. The van der Waals surface area contributed by atoms with Crippen molar-refractivity contribution < 1.29 is 9.18 Å². The van der Waals surface area contributed by atoms with Gasteiger partial charge >= 0.3 is 0 Å². The minimum Gasteiger partial charge on any atom is -0.324 e. The Morgan fingerprint density at radius 1 is 1.47 bits per heavy atom. The zero-order valence-electron chi connectivity index (χ0n) is 9.89. The highest BCUT2D eigenvalue weighted by Gasteiger charge is 2.30. The van der Waals surface area contributed by atoms with Crippen LogP contribution < -0.4 is 11.1 Å². The number of rotatable bonds is 4. The Kier molecular flexibility index (Phi) is 4.88. The quantitative estimate of drug-likeness (QED) is 0.821. The fourth-order valence-electron chi connectivity index (χ4n) is 1.41. The topological polar surface area (TPSA) is 55.1 Å². The zero-order chi connectivity index (χ0) is 13.1. The van der Waals surface area contributed by atoms with E-state index in [4.69, 9.17) is 5.73 Å². The first-order valence-corrected chi connectivity index (χ1v) is 6.56. The molecule has 1 aromatic carbocycles. The molecule has 0 radical (unpaired) electrons. The second-order valence-corrected chi connectivity index (χ2v) is 5.10. The van der Waals surface area contributed by atoms with Crippen molar-refractivity contribution >= 4 is 34.2 Å². The lowest BCUT2D eigenvalue weighted by Gasteiger charge is -2.25. The molecule has 1 amide bonds. The summed E-state index contributed by atoms with van der Waals surface area (Å²) in [5.74, 6) is -0.551. The molecule has 0 aliphatic heterocycles. The summed E-state index contributed by atoms with van der Waals surface area (Å²) in [4.78, 5) is 12.0. The molecule has 0 spiro atoms. The van der Waals surface area contributed by atoms with E-state index in [0.29, 0.717) is 22.1 Å². The van der Waals surface area contributed by atoms with Crippen LogP contribution in [-0.4, -0.2) is 11.4 Å². The Morgan fingerprint density at radius 3 is 2.53 bits per heavy atom. The van der Waals surface area contributed by atoms with E-state index in [0.717, 1.165) is 0 Å². The van der Waals surface area contributed by atoms with Crippen LogP contribution in [0.3, 0.4) is 0 Å². The molecule has 0 aliphatic rings. The molecule has 0 heterocycles. The molecule has 0 aromatic heterocycles. The zero-order valence-corrected chi connectivity index (χ0v) is 12.0. The van der Waals surface area contributed by atoms with Crippen LogP contribution in [0.25, 0.3) is 0 Å². The minimum absolute atomic E-state index is 0.230. The molecule has 17 heavy (non-hydrogen) atoms. The summed E-state index contributed by atoms with van der Waals surface area (Å²) in [6.45, 7) is 3.75. The molecule has 5 heteroatoms. The van der Waals surface area contributed by atoms with Gasteiger partial charge in [-0.3, -0.25) is 4.79 Å². The third kappa shape index (κ3) is 3.38. The van der Waals surface area contributed by atoms with Gasteiger partial charge in [0.2, 0.25) is 5.91 Å². The fourth-order valence-corrected chi connectivity index (χ4v) is 2.02. The van der Waals surface area contributed by atoms with Gasteiger partial charge in [0.05, 0.1) is 11.2 Å². The van der Waals surface area contributed by atoms with Gasteiger partial charge in [-0.05, 0) is 53.6 Å². The van der Waals surface area contributed by atoms with E-state index in [1.54, 1.807) is 6.07 Å². The van der Waals surface area contributed by atoms with Crippen molar-refractivity contribution in [1.29, 1.82) is 0 Å². The van der Waals surface area contributed by atoms with E-state index in [2.05, 4.69) is 5.32 Å². The number of carbonyl (C=O) groups is 1. The van der Waals surface area contributed by atoms with Crippen molar-refractivity contribution in [3.8, 4) is 0 Å². The molecule has 0 fully saturated rings. The molecule has 3 nitrogen and oxygen atoms in total. The van der Waals surface area contributed by atoms with Gasteiger partial charge in [0.1, 0.15) is 5.82 Å². The first-order valence-electron chi connectivity index (χ1n) is 5.48. The Hall–Kier alpha value is -0.690. The standard InChI is InChI=1S/C12H16FIN2O/c1-3-12(15,4-2)11(17)16-10-6-5-8(13)7-9(10)14/h5-7H,3-4,15H2,1-2H3,(H,16,17). The normalized spacial score (nSPS) is 11.4. The summed E-state index contributed by atoms with van der Waals surface area (Å²) >= 11 is 1.98. The SMILES string of the molecule is CCC(N)(CC)C(=O)Nc1ccc(F)cc1I. The minimum atomic E-state index is -0.864. The van der Waals surface area contributed by atoms with Gasteiger partial charge in [-0.25, -0.2) is 4.39 Å². The number of amides is 1. The second-order valence-electron chi connectivity index (χ2n) is 3.94.